The molecular weight excluding hydrogens is 248 g/mol. The standard InChI is InChI=1S/C16H36N4/c1-16(2,3)15(17-4)7-8-19-11-13-20(14-12-19)10-9-18(5)6/h15,17H,7-14H2,1-6H3. The fraction of sp³-hybridized carbons (Fsp3) is 1.00. The van der Waals surface area contributed by atoms with Crippen LogP contribution in [-0.4, -0.2) is 87.7 Å². The van der Waals surface area contributed by atoms with E-state index >= 15 is 0 Å². The maximum atomic E-state index is 3.48. The molecular formula is C16H36N4. The van der Waals surface area contributed by atoms with Crippen molar-refractivity contribution in [3.8, 4) is 0 Å². The van der Waals surface area contributed by atoms with E-state index in [4.69, 9.17) is 0 Å². The highest BCUT2D eigenvalue weighted by Crippen LogP contribution is 2.21. The molecule has 0 saturated carbocycles. The summed E-state index contributed by atoms with van der Waals surface area (Å²) >= 11 is 0. The summed E-state index contributed by atoms with van der Waals surface area (Å²) in [6.45, 7) is 15.5. The quantitative estimate of drug-likeness (QED) is 0.758. The highest BCUT2D eigenvalue weighted by molar-refractivity contribution is 4.81. The maximum absolute atomic E-state index is 3.48. The molecule has 1 aliphatic rings. The van der Waals surface area contributed by atoms with Crippen LogP contribution in [0.25, 0.3) is 0 Å². The van der Waals surface area contributed by atoms with Crippen LogP contribution in [0.5, 0.6) is 0 Å². The van der Waals surface area contributed by atoms with Gasteiger partial charge in [-0.3, -0.25) is 4.90 Å². The average molecular weight is 284 g/mol. The third-order valence-electron chi connectivity index (χ3n) is 4.46. The van der Waals surface area contributed by atoms with Gasteiger partial charge in [0.05, 0.1) is 0 Å². The lowest BCUT2D eigenvalue weighted by Gasteiger charge is -2.37. The molecule has 120 valence electrons. The Morgan fingerprint density at radius 3 is 1.90 bits per heavy atom. The molecule has 4 heteroatoms. The second-order valence-corrected chi connectivity index (χ2v) is 7.48. The summed E-state index contributed by atoms with van der Waals surface area (Å²) in [5, 5.41) is 3.48. The zero-order chi connectivity index (χ0) is 15.2. The zero-order valence-corrected chi connectivity index (χ0v) is 14.6. The average Bonchev–Trinajstić information content (AvgIpc) is 2.36. The molecule has 0 aromatic rings. The number of nitrogens with zero attached hydrogens (tertiary/aromatic N) is 3. The van der Waals surface area contributed by atoms with E-state index in [1.165, 1.54) is 52.2 Å². The van der Waals surface area contributed by atoms with Crippen molar-refractivity contribution in [2.24, 2.45) is 5.41 Å². The van der Waals surface area contributed by atoms with Crippen molar-refractivity contribution in [2.75, 3.05) is 67.0 Å². The first kappa shape index (κ1) is 17.9. The molecule has 1 aliphatic heterocycles. The van der Waals surface area contributed by atoms with Gasteiger partial charge in [0, 0.05) is 45.3 Å². The Hall–Kier alpha value is -0.160. The van der Waals surface area contributed by atoms with Gasteiger partial charge in [0.15, 0.2) is 0 Å². The topological polar surface area (TPSA) is 21.8 Å². The van der Waals surface area contributed by atoms with Gasteiger partial charge in [-0.2, -0.15) is 0 Å². The molecule has 0 spiro atoms. The molecule has 0 aromatic carbocycles. The number of nitrogens with one attached hydrogen (secondary N) is 1. The first-order valence-electron chi connectivity index (χ1n) is 8.09. The van der Waals surface area contributed by atoms with Gasteiger partial charge in [0.1, 0.15) is 0 Å². The van der Waals surface area contributed by atoms with Crippen LogP contribution in [-0.2, 0) is 0 Å². The summed E-state index contributed by atoms with van der Waals surface area (Å²) in [6, 6.07) is 0.606. The van der Waals surface area contributed by atoms with Gasteiger partial charge >= 0.3 is 0 Å². The van der Waals surface area contributed by atoms with Crippen LogP contribution in [0, 0.1) is 5.41 Å². The van der Waals surface area contributed by atoms with Gasteiger partial charge in [0.25, 0.3) is 0 Å². The molecule has 1 fully saturated rings. The summed E-state index contributed by atoms with van der Waals surface area (Å²) < 4.78 is 0. The summed E-state index contributed by atoms with van der Waals surface area (Å²) in [4.78, 5) is 7.49. The molecule has 1 saturated heterocycles. The Morgan fingerprint density at radius 1 is 1.00 bits per heavy atom. The van der Waals surface area contributed by atoms with Crippen molar-refractivity contribution in [3.63, 3.8) is 0 Å². The Balaban J connectivity index is 2.22. The van der Waals surface area contributed by atoms with E-state index in [0.29, 0.717) is 11.5 Å². The summed E-state index contributed by atoms with van der Waals surface area (Å²) in [5.41, 5.74) is 0.349. The van der Waals surface area contributed by atoms with E-state index in [1.54, 1.807) is 0 Å². The minimum Gasteiger partial charge on any atom is -0.316 e. The Kier molecular flexibility index (Phi) is 7.45. The van der Waals surface area contributed by atoms with Crippen LogP contribution >= 0.6 is 0 Å². The lowest BCUT2D eigenvalue weighted by molar-refractivity contribution is 0.116. The molecule has 0 aromatic heterocycles. The fourth-order valence-electron chi connectivity index (χ4n) is 2.90. The predicted octanol–water partition coefficient (Wildman–Crippen LogP) is 1.19. The Bertz CT molecular complexity index is 252. The van der Waals surface area contributed by atoms with Gasteiger partial charge in [-0.25, -0.2) is 0 Å². The second kappa shape index (κ2) is 8.32. The largest absolute Gasteiger partial charge is 0.316 e. The monoisotopic (exact) mass is 284 g/mol. The van der Waals surface area contributed by atoms with Gasteiger partial charge in [-0.15, -0.1) is 0 Å². The smallest absolute Gasteiger partial charge is 0.0125 e. The zero-order valence-electron chi connectivity index (χ0n) is 14.6. The molecule has 4 nitrogen and oxygen atoms in total. The predicted molar refractivity (Wildman–Crippen MR) is 88.4 cm³/mol. The van der Waals surface area contributed by atoms with Crippen molar-refractivity contribution in [3.05, 3.63) is 0 Å². The van der Waals surface area contributed by atoms with Gasteiger partial charge in [0.2, 0.25) is 0 Å². The molecule has 0 radical (unpaired) electrons. The maximum Gasteiger partial charge on any atom is 0.0125 e. The van der Waals surface area contributed by atoms with Crippen molar-refractivity contribution < 1.29 is 0 Å². The Labute approximate surface area is 126 Å². The summed E-state index contributed by atoms with van der Waals surface area (Å²) in [5.74, 6) is 0. The molecule has 0 bridgehead atoms. The third kappa shape index (κ3) is 6.53. The number of hydrogen-bond acceptors (Lipinski definition) is 4. The van der Waals surface area contributed by atoms with Gasteiger partial charge in [-0.05, 0) is 39.5 Å². The highest BCUT2D eigenvalue weighted by Gasteiger charge is 2.24. The minimum absolute atomic E-state index is 0.349. The highest BCUT2D eigenvalue weighted by atomic mass is 15.3. The van der Waals surface area contributed by atoms with Gasteiger partial charge in [-0.1, -0.05) is 20.8 Å². The third-order valence-corrected chi connectivity index (χ3v) is 4.46. The second-order valence-electron chi connectivity index (χ2n) is 7.48. The first-order chi connectivity index (χ1) is 9.32. The molecule has 1 N–H and O–H groups in total. The first-order valence-corrected chi connectivity index (χ1v) is 8.09. The van der Waals surface area contributed by atoms with E-state index in [9.17, 15) is 0 Å². The van der Waals surface area contributed by atoms with E-state index in [0.717, 1.165) is 0 Å². The normalized spacial score (nSPS) is 20.6. The molecule has 1 rings (SSSR count). The van der Waals surface area contributed by atoms with Crippen LogP contribution in [0.3, 0.4) is 0 Å². The van der Waals surface area contributed by atoms with E-state index in [-0.39, 0.29) is 0 Å². The van der Waals surface area contributed by atoms with E-state index in [2.05, 4.69) is 61.9 Å². The molecule has 0 amide bonds. The van der Waals surface area contributed by atoms with Crippen molar-refractivity contribution in [2.45, 2.75) is 33.2 Å². The van der Waals surface area contributed by atoms with Crippen molar-refractivity contribution >= 4 is 0 Å². The summed E-state index contributed by atoms with van der Waals surface area (Å²) in [6.07, 6.45) is 1.25. The van der Waals surface area contributed by atoms with Crippen molar-refractivity contribution in [1.82, 2.24) is 20.0 Å². The van der Waals surface area contributed by atoms with Crippen LogP contribution in [0.1, 0.15) is 27.2 Å². The molecule has 1 atom stereocenters. The minimum atomic E-state index is 0.349. The molecule has 0 aliphatic carbocycles. The fourth-order valence-corrected chi connectivity index (χ4v) is 2.90. The van der Waals surface area contributed by atoms with Gasteiger partial charge < -0.3 is 15.1 Å². The van der Waals surface area contributed by atoms with Crippen LogP contribution in [0.15, 0.2) is 0 Å². The number of likely N-dealkylation sites (N-methyl/N-ethyl adjacent to an activating group) is 1. The Morgan fingerprint density at radius 2 is 1.50 bits per heavy atom. The number of rotatable bonds is 7. The lowest BCUT2D eigenvalue weighted by atomic mass is 9.85. The van der Waals surface area contributed by atoms with Crippen LogP contribution < -0.4 is 5.32 Å². The van der Waals surface area contributed by atoms with Crippen LogP contribution in [0.2, 0.25) is 0 Å². The van der Waals surface area contributed by atoms with Crippen molar-refractivity contribution in [1.29, 1.82) is 0 Å². The van der Waals surface area contributed by atoms with E-state index in [1.807, 2.05) is 0 Å². The molecule has 1 unspecified atom stereocenters. The molecule has 20 heavy (non-hydrogen) atoms. The van der Waals surface area contributed by atoms with E-state index < -0.39 is 0 Å². The molecule has 1 heterocycles. The number of hydrogen-bond donors (Lipinski definition) is 1. The number of piperazine rings is 1. The van der Waals surface area contributed by atoms with Crippen LogP contribution in [0.4, 0.5) is 0 Å². The lowest BCUT2D eigenvalue weighted by Crippen LogP contribution is -2.49. The SMILES string of the molecule is CNC(CCN1CCN(CCN(C)C)CC1)C(C)(C)C. The summed E-state index contributed by atoms with van der Waals surface area (Å²) in [7, 11) is 6.40.